The van der Waals surface area contributed by atoms with Crippen molar-refractivity contribution in [2.45, 2.75) is 19.6 Å². The Labute approximate surface area is 242 Å². The third-order valence-electron chi connectivity index (χ3n) is 6.72. The average molecular weight is 591 g/mol. The fourth-order valence-electron chi connectivity index (χ4n) is 4.57. The molecule has 3 aromatic carbocycles. The van der Waals surface area contributed by atoms with E-state index in [-0.39, 0.29) is 76.9 Å². The number of hydrogen-bond donors (Lipinski definition) is 1. The Balaban J connectivity index is 1.42. The Kier molecular flexibility index (Phi) is 8.36. The zero-order chi connectivity index (χ0) is 30.7. The molecule has 0 saturated heterocycles. The first-order chi connectivity index (χ1) is 20.7. The monoisotopic (exact) mass is 590 g/mol. The number of pyridine rings is 1. The molecule has 5 rings (SSSR count). The van der Waals surface area contributed by atoms with E-state index in [0.717, 1.165) is 24.3 Å². The third kappa shape index (κ3) is 6.02. The van der Waals surface area contributed by atoms with Gasteiger partial charge in [0.2, 0.25) is 5.88 Å². The SMILES string of the molecule is COCCn1c(Cc2cc(F)c(-c3cccc(OCc4ccc(C#N)cc4F)n3)cc2F)nc2ccc(C(=O)O)c(F)c21. The molecule has 0 aliphatic carbocycles. The lowest BCUT2D eigenvalue weighted by atomic mass is 10.0. The summed E-state index contributed by atoms with van der Waals surface area (Å²) in [5.74, 6) is -4.41. The van der Waals surface area contributed by atoms with Crippen LogP contribution in [0.25, 0.3) is 22.3 Å². The van der Waals surface area contributed by atoms with Crippen molar-refractivity contribution in [3.05, 3.63) is 112 Å². The number of ether oxygens (including phenoxy) is 2. The highest BCUT2D eigenvalue weighted by atomic mass is 19.1. The second kappa shape index (κ2) is 12.3. The largest absolute Gasteiger partial charge is 0.478 e. The summed E-state index contributed by atoms with van der Waals surface area (Å²) in [6.07, 6.45) is -0.226. The molecule has 2 heterocycles. The molecule has 0 unspecified atom stereocenters. The van der Waals surface area contributed by atoms with Gasteiger partial charge in [0.25, 0.3) is 0 Å². The minimum atomic E-state index is -1.45. The number of carbonyl (C=O) groups is 1. The highest BCUT2D eigenvalue weighted by Gasteiger charge is 2.22. The number of nitrogens with zero attached hydrogens (tertiary/aromatic N) is 4. The molecule has 1 N–H and O–H groups in total. The van der Waals surface area contributed by atoms with Crippen molar-refractivity contribution in [3.8, 4) is 23.2 Å². The van der Waals surface area contributed by atoms with Crippen LogP contribution in [0.5, 0.6) is 5.88 Å². The molecule has 0 radical (unpaired) electrons. The Bertz CT molecular complexity index is 1900. The van der Waals surface area contributed by atoms with Crippen LogP contribution >= 0.6 is 0 Å². The second-order valence-corrected chi connectivity index (χ2v) is 9.44. The van der Waals surface area contributed by atoms with Crippen molar-refractivity contribution in [2.24, 2.45) is 0 Å². The summed E-state index contributed by atoms with van der Waals surface area (Å²) in [6.45, 7) is 0.0167. The molecule has 2 aromatic heterocycles. The fraction of sp³-hybridized carbons (Fsp3) is 0.161. The van der Waals surface area contributed by atoms with Crippen LogP contribution in [0.3, 0.4) is 0 Å². The maximum Gasteiger partial charge on any atom is 0.338 e. The van der Waals surface area contributed by atoms with Gasteiger partial charge in [0, 0.05) is 37.3 Å². The van der Waals surface area contributed by atoms with E-state index < -0.39 is 34.8 Å². The molecule has 218 valence electrons. The molecule has 0 spiro atoms. The van der Waals surface area contributed by atoms with Crippen LogP contribution in [0.4, 0.5) is 17.6 Å². The topological polar surface area (TPSA) is 110 Å². The van der Waals surface area contributed by atoms with Crippen molar-refractivity contribution < 1.29 is 36.9 Å². The summed E-state index contributed by atoms with van der Waals surface area (Å²) >= 11 is 0. The van der Waals surface area contributed by atoms with Gasteiger partial charge >= 0.3 is 5.97 Å². The van der Waals surface area contributed by atoms with Crippen molar-refractivity contribution in [1.82, 2.24) is 14.5 Å². The minimum absolute atomic E-state index is 0.0414. The number of aromatic carboxylic acids is 1. The normalized spacial score (nSPS) is 11.1. The van der Waals surface area contributed by atoms with Crippen LogP contribution < -0.4 is 4.74 Å². The Morgan fingerprint density at radius 2 is 1.77 bits per heavy atom. The van der Waals surface area contributed by atoms with Crippen LogP contribution in [0, 0.1) is 34.6 Å². The van der Waals surface area contributed by atoms with E-state index in [4.69, 9.17) is 14.7 Å². The summed E-state index contributed by atoms with van der Waals surface area (Å²) in [6, 6.07) is 14.7. The maximum absolute atomic E-state index is 15.4. The molecule has 0 aliphatic rings. The van der Waals surface area contributed by atoms with Gasteiger partial charge in [-0.2, -0.15) is 5.26 Å². The number of methoxy groups -OCH3 is 1. The highest BCUT2D eigenvalue weighted by molar-refractivity contribution is 5.93. The Hall–Kier alpha value is -5.28. The van der Waals surface area contributed by atoms with Crippen LogP contribution in [0.1, 0.15) is 32.9 Å². The van der Waals surface area contributed by atoms with Crippen molar-refractivity contribution in [3.63, 3.8) is 0 Å². The summed E-state index contributed by atoms with van der Waals surface area (Å²) in [5, 5.41) is 18.2. The van der Waals surface area contributed by atoms with E-state index in [2.05, 4.69) is 9.97 Å². The van der Waals surface area contributed by atoms with E-state index in [1.165, 1.54) is 48.1 Å². The second-order valence-electron chi connectivity index (χ2n) is 9.44. The standard InChI is InChI=1S/C31H22F4N4O4/c1-42-10-9-39-27(37-26-8-7-20(31(40)41)29(35)30(26)39)13-19-12-24(34)21(14-23(19)33)25-3-2-4-28(38-25)43-16-18-6-5-17(15-36)11-22(18)32/h2-8,11-12,14H,9-10,13,16H2,1H3,(H,40,41). The molecular weight excluding hydrogens is 568 g/mol. The summed E-state index contributed by atoms with van der Waals surface area (Å²) in [4.78, 5) is 20.0. The van der Waals surface area contributed by atoms with Crippen LogP contribution in [-0.2, 0) is 24.3 Å². The van der Waals surface area contributed by atoms with Gasteiger partial charge in [-0.15, -0.1) is 0 Å². The smallest absolute Gasteiger partial charge is 0.338 e. The van der Waals surface area contributed by atoms with E-state index in [1.807, 2.05) is 6.07 Å². The Morgan fingerprint density at radius 1 is 0.977 bits per heavy atom. The number of rotatable bonds is 10. The average Bonchev–Trinajstić information content (AvgIpc) is 3.34. The number of fused-ring (bicyclic) bond motifs is 1. The predicted octanol–water partition coefficient (Wildman–Crippen LogP) is 6.04. The van der Waals surface area contributed by atoms with Crippen molar-refractivity contribution in [1.29, 1.82) is 5.26 Å². The zero-order valence-electron chi connectivity index (χ0n) is 22.6. The number of nitriles is 1. The van der Waals surface area contributed by atoms with Crippen LogP contribution in [0.2, 0.25) is 0 Å². The van der Waals surface area contributed by atoms with E-state index in [9.17, 15) is 14.3 Å². The van der Waals surface area contributed by atoms with Gasteiger partial charge in [0.05, 0.1) is 35.0 Å². The molecule has 0 amide bonds. The fourth-order valence-corrected chi connectivity index (χ4v) is 4.57. The van der Waals surface area contributed by atoms with E-state index >= 15 is 13.2 Å². The maximum atomic E-state index is 15.4. The number of halogens is 4. The van der Waals surface area contributed by atoms with Crippen LogP contribution in [-0.4, -0.2) is 39.3 Å². The Morgan fingerprint density at radius 3 is 2.49 bits per heavy atom. The van der Waals surface area contributed by atoms with Crippen LogP contribution in [0.15, 0.2) is 60.7 Å². The molecule has 43 heavy (non-hydrogen) atoms. The lowest BCUT2D eigenvalue weighted by Gasteiger charge is -2.12. The number of aromatic nitrogens is 3. The molecular formula is C31H22F4N4O4. The number of benzene rings is 3. The number of imidazole rings is 1. The van der Waals surface area contributed by atoms with Gasteiger partial charge in [-0.1, -0.05) is 12.1 Å². The van der Waals surface area contributed by atoms with Gasteiger partial charge in [-0.25, -0.2) is 32.3 Å². The molecule has 0 saturated carbocycles. The van der Waals surface area contributed by atoms with E-state index in [0.29, 0.717) is 0 Å². The number of carboxylic acids is 1. The molecule has 0 bridgehead atoms. The van der Waals surface area contributed by atoms with E-state index in [1.54, 1.807) is 0 Å². The summed E-state index contributed by atoms with van der Waals surface area (Å²) < 4.78 is 72.1. The molecule has 8 nitrogen and oxygen atoms in total. The van der Waals surface area contributed by atoms with Gasteiger partial charge in [0.1, 0.15) is 35.4 Å². The van der Waals surface area contributed by atoms with Gasteiger partial charge < -0.3 is 19.1 Å². The first-order valence-electron chi connectivity index (χ1n) is 12.9. The number of carboxylic acid groups (broad SMARTS) is 1. The zero-order valence-corrected chi connectivity index (χ0v) is 22.6. The van der Waals surface area contributed by atoms with Gasteiger partial charge in [0.15, 0.2) is 5.82 Å². The molecule has 0 aliphatic heterocycles. The lowest BCUT2D eigenvalue weighted by molar-refractivity contribution is 0.0692. The first kappa shape index (κ1) is 29.2. The summed E-state index contributed by atoms with van der Waals surface area (Å²) in [7, 11) is 1.44. The van der Waals surface area contributed by atoms with Crippen molar-refractivity contribution >= 4 is 17.0 Å². The highest BCUT2D eigenvalue weighted by Crippen LogP contribution is 2.29. The predicted molar refractivity (Wildman–Crippen MR) is 146 cm³/mol. The molecule has 0 fully saturated rings. The van der Waals surface area contributed by atoms with Crippen molar-refractivity contribution in [2.75, 3.05) is 13.7 Å². The lowest BCUT2D eigenvalue weighted by Crippen LogP contribution is -2.11. The van der Waals surface area contributed by atoms with Gasteiger partial charge in [-0.3, -0.25) is 0 Å². The first-order valence-corrected chi connectivity index (χ1v) is 12.9. The molecule has 12 heteroatoms. The summed E-state index contributed by atoms with van der Waals surface area (Å²) in [5.41, 5.74) is -0.271. The van der Waals surface area contributed by atoms with Gasteiger partial charge in [-0.05, 0) is 48.0 Å². The number of hydrogen-bond acceptors (Lipinski definition) is 6. The third-order valence-corrected chi connectivity index (χ3v) is 6.72. The molecule has 0 atom stereocenters. The molecule has 5 aromatic rings. The quantitative estimate of drug-likeness (QED) is 0.198. The minimum Gasteiger partial charge on any atom is -0.478 e.